The Balaban J connectivity index is 2.39. The van der Waals surface area contributed by atoms with Gasteiger partial charge < -0.3 is 19.9 Å². The van der Waals surface area contributed by atoms with Crippen LogP contribution in [0.25, 0.3) is 0 Å². The molecule has 1 aromatic carbocycles. The molecule has 1 aliphatic rings. The molecule has 2 rings (SSSR count). The number of hydrogen-bond acceptors (Lipinski definition) is 4. The normalized spacial score (nSPS) is 16.4. The van der Waals surface area contributed by atoms with Crippen LogP contribution in [0, 0.1) is 12.8 Å². The Morgan fingerprint density at radius 2 is 2.00 bits per heavy atom. The summed E-state index contributed by atoms with van der Waals surface area (Å²) in [5.74, 6) is 0.0445. The fraction of sp³-hybridized carbons (Fsp3) is 0.462. The lowest BCUT2D eigenvalue weighted by molar-refractivity contribution is -0.142. The van der Waals surface area contributed by atoms with Crippen molar-refractivity contribution in [1.82, 2.24) is 5.32 Å². The third-order valence-corrected chi connectivity index (χ3v) is 3.30. The van der Waals surface area contributed by atoms with Crippen molar-refractivity contribution in [3.8, 4) is 11.5 Å². The zero-order chi connectivity index (χ0) is 13.3. The van der Waals surface area contributed by atoms with Gasteiger partial charge in [-0.25, -0.2) is 0 Å². The maximum absolute atomic E-state index is 11.1. The second-order valence-electron chi connectivity index (χ2n) is 4.46. The molecule has 1 heterocycles. The molecule has 0 amide bonds. The van der Waals surface area contributed by atoms with Crippen molar-refractivity contribution in [2.75, 3.05) is 13.8 Å². The van der Waals surface area contributed by atoms with Gasteiger partial charge in [0.2, 0.25) is 6.79 Å². The lowest BCUT2D eigenvalue weighted by Gasteiger charge is -2.22. The van der Waals surface area contributed by atoms with E-state index in [0.29, 0.717) is 11.5 Å². The first-order valence-corrected chi connectivity index (χ1v) is 5.84. The molecule has 0 aromatic heterocycles. The number of rotatable bonds is 4. The molecule has 18 heavy (non-hydrogen) atoms. The molecule has 1 aromatic rings. The van der Waals surface area contributed by atoms with E-state index in [-0.39, 0.29) is 12.8 Å². The third kappa shape index (κ3) is 2.13. The van der Waals surface area contributed by atoms with E-state index in [1.807, 2.05) is 19.1 Å². The van der Waals surface area contributed by atoms with Gasteiger partial charge in [-0.05, 0) is 37.2 Å². The van der Waals surface area contributed by atoms with Gasteiger partial charge in [0.05, 0.1) is 5.92 Å². The summed E-state index contributed by atoms with van der Waals surface area (Å²) < 4.78 is 10.6. The van der Waals surface area contributed by atoms with Crippen LogP contribution < -0.4 is 14.8 Å². The van der Waals surface area contributed by atoms with E-state index in [9.17, 15) is 4.79 Å². The molecule has 5 heteroatoms. The van der Waals surface area contributed by atoms with Crippen molar-refractivity contribution in [3.05, 3.63) is 23.3 Å². The Morgan fingerprint density at radius 1 is 1.39 bits per heavy atom. The summed E-state index contributed by atoms with van der Waals surface area (Å²) in [6, 6.07) is 3.49. The topological polar surface area (TPSA) is 67.8 Å². The van der Waals surface area contributed by atoms with Crippen LogP contribution in [0.3, 0.4) is 0 Å². The van der Waals surface area contributed by atoms with Crippen molar-refractivity contribution in [3.63, 3.8) is 0 Å². The monoisotopic (exact) mass is 251 g/mol. The largest absolute Gasteiger partial charge is 0.481 e. The highest BCUT2D eigenvalue weighted by atomic mass is 16.7. The van der Waals surface area contributed by atoms with Gasteiger partial charge in [-0.2, -0.15) is 0 Å². The molecule has 0 aliphatic carbocycles. The lowest BCUT2D eigenvalue weighted by Crippen LogP contribution is -2.29. The van der Waals surface area contributed by atoms with Gasteiger partial charge in [0.15, 0.2) is 11.5 Å². The first-order chi connectivity index (χ1) is 8.54. The average molecular weight is 251 g/mol. The predicted octanol–water partition coefficient (Wildman–Crippen LogP) is 1.70. The summed E-state index contributed by atoms with van der Waals surface area (Å²) >= 11 is 0. The third-order valence-electron chi connectivity index (χ3n) is 3.30. The van der Waals surface area contributed by atoms with E-state index < -0.39 is 11.9 Å². The Bertz CT molecular complexity index is 472. The van der Waals surface area contributed by atoms with Gasteiger partial charge in [0.25, 0.3) is 0 Å². The molecule has 0 bridgehead atoms. The molecule has 0 saturated carbocycles. The number of nitrogens with one attached hydrogen (secondary N) is 1. The Morgan fingerprint density at radius 3 is 2.56 bits per heavy atom. The van der Waals surface area contributed by atoms with Crippen molar-refractivity contribution < 1.29 is 19.4 Å². The number of benzene rings is 1. The number of hydrogen-bond donors (Lipinski definition) is 2. The minimum absolute atomic E-state index is 0.219. The summed E-state index contributed by atoms with van der Waals surface area (Å²) in [6.07, 6.45) is 0. The number of carboxylic acid groups (broad SMARTS) is 1. The van der Waals surface area contributed by atoms with Crippen molar-refractivity contribution >= 4 is 5.97 Å². The van der Waals surface area contributed by atoms with Gasteiger partial charge in [-0.15, -0.1) is 0 Å². The number of fused-ring (bicyclic) bond motifs is 1. The number of aliphatic carboxylic acids is 1. The Labute approximate surface area is 106 Å². The quantitative estimate of drug-likeness (QED) is 0.852. The second-order valence-corrected chi connectivity index (χ2v) is 4.46. The second kappa shape index (κ2) is 4.86. The highest BCUT2D eigenvalue weighted by Gasteiger charge is 2.27. The van der Waals surface area contributed by atoms with Gasteiger partial charge in [0, 0.05) is 6.04 Å². The standard InChI is InChI=1S/C13H17NO4/c1-7-4-10-11(18-6-17-10)5-9(7)12(14-3)8(2)13(15)16/h4-5,8,12,14H,6H2,1-3H3,(H,15,16). The molecular formula is C13H17NO4. The smallest absolute Gasteiger partial charge is 0.308 e. The fourth-order valence-electron chi connectivity index (χ4n) is 2.21. The highest BCUT2D eigenvalue weighted by molar-refractivity contribution is 5.71. The minimum Gasteiger partial charge on any atom is -0.481 e. The van der Waals surface area contributed by atoms with Crippen molar-refractivity contribution in [2.24, 2.45) is 5.92 Å². The number of carboxylic acids is 1. The zero-order valence-electron chi connectivity index (χ0n) is 10.7. The van der Waals surface area contributed by atoms with E-state index in [1.54, 1.807) is 14.0 Å². The lowest BCUT2D eigenvalue weighted by atomic mass is 9.91. The SMILES string of the molecule is CNC(c1cc2c(cc1C)OCO2)C(C)C(=O)O. The molecule has 0 fully saturated rings. The Kier molecular flexibility index (Phi) is 3.43. The van der Waals surface area contributed by atoms with Crippen LogP contribution in [-0.2, 0) is 4.79 Å². The molecule has 0 radical (unpaired) electrons. The molecular weight excluding hydrogens is 234 g/mol. The fourth-order valence-corrected chi connectivity index (χ4v) is 2.21. The van der Waals surface area contributed by atoms with Crippen LogP contribution in [0.15, 0.2) is 12.1 Å². The van der Waals surface area contributed by atoms with Crippen LogP contribution in [-0.4, -0.2) is 24.9 Å². The molecule has 2 unspecified atom stereocenters. The molecule has 2 atom stereocenters. The summed E-state index contributed by atoms with van der Waals surface area (Å²) in [7, 11) is 1.76. The van der Waals surface area contributed by atoms with E-state index in [2.05, 4.69) is 5.32 Å². The van der Waals surface area contributed by atoms with Crippen molar-refractivity contribution in [1.29, 1.82) is 0 Å². The summed E-state index contributed by atoms with van der Waals surface area (Å²) in [5.41, 5.74) is 1.92. The molecule has 98 valence electrons. The first-order valence-electron chi connectivity index (χ1n) is 5.84. The van der Waals surface area contributed by atoms with Crippen LogP contribution in [0.4, 0.5) is 0 Å². The number of carbonyl (C=O) groups is 1. The van der Waals surface area contributed by atoms with Crippen LogP contribution in [0.2, 0.25) is 0 Å². The van der Waals surface area contributed by atoms with Crippen LogP contribution >= 0.6 is 0 Å². The summed E-state index contributed by atoms with van der Waals surface area (Å²) in [6.45, 7) is 3.85. The molecule has 2 N–H and O–H groups in total. The highest BCUT2D eigenvalue weighted by Crippen LogP contribution is 2.38. The van der Waals surface area contributed by atoms with E-state index >= 15 is 0 Å². The van der Waals surface area contributed by atoms with E-state index in [4.69, 9.17) is 14.6 Å². The number of ether oxygens (including phenoxy) is 2. The molecule has 1 aliphatic heterocycles. The molecule has 5 nitrogen and oxygen atoms in total. The first kappa shape index (κ1) is 12.7. The molecule has 0 saturated heterocycles. The Hall–Kier alpha value is -1.75. The van der Waals surface area contributed by atoms with Crippen molar-refractivity contribution in [2.45, 2.75) is 19.9 Å². The van der Waals surface area contributed by atoms with Gasteiger partial charge in [0.1, 0.15) is 0 Å². The van der Waals surface area contributed by atoms with E-state index in [1.165, 1.54) is 0 Å². The molecule has 0 spiro atoms. The maximum atomic E-state index is 11.1. The summed E-state index contributed by atoms with van der Waals surface area (Å²) in [4.78, 5) is 11.1. The van der Waals surface area contributed by atoms with Gasteiger partial charge >= 0.3 is 5.97 Å². The average Bonchev–Trinajstić information content (AvgIpc) is 2.76. The van der Waals surface area contributed by atoms with Crippen LogP contribution in [0.5, 0.6) is 11.5 Å². The van der Waals surface area contributed by atoms with Crippen LogP contribution in [0.1, 0.15) is 24.1 Å². The van der Waals surface area contributed by atoms with Gasteiger partial charge in [-0.3, -0.25) is 4.79 Å². The zero-order valence-corrected chi connectivity index (χ0v) is 10.7. The van der Waals surface area contributed by atoms with E-state index in [0.717, 1.165) is 11.1 Å². The predicted molar refractivity (Wildman–Crippen MR) is 65.9 cm³/mol. The minimum atomic E-state index is -0.827. The van der Waals surface area contributed by atoms with Gasteiger partial charge in [-0.1, -0.05) is 6.92 Å². The maximum Gasteiger partial charge on any atom is 0.308 e. The number of aryl methyl sites for hydroxylation is 1. The summed E-state index contributed by atoms with van der Waals surface area (Å²) in [5, 5.41) is 12.2.